The molecule has 1 aliphatic rings. The van der Waals surface area contributed by atoms with Crippen molar-refractivity contribution in [2.45, 2.75) is 31.1 Å². The number of aromatic nitrogens is 3. The maximum absolute atomic E-state index is 4.04. The minimum absolute atomic E-state index is 0.798. The maximum Gasteiger partial charge on any atom is 0.146 e. The summed E-state index contributed by atoms with van der Waals surface area (Å²) in [5.41, 5.74) is 0. The third kappa shape index (κ3) is 3.21. The van der Waals surface area contributed by atoms with E-state index in [4.69, 9.17) is 0 Å². The normalized spacial score (nSPS) is 21.8. The van der Waals surface area contributed by atoms with E-state index >= 15 is 0 Å². The summed E-state index contributed by atoms with van der Waals surface area (Å²) >= 11 is 2.10. The number of nitrogens with zero attached hydrogens (tertiary/aromatic N) is 3. The van der Waals surface area contributed by atoms with Gasteiger partial charge in [-0.05, 0) is 18.6 Å². The van der Waals surface area contributed by atoms with E-state index < -0.39 is 0 Å². The summed E-state index contributed by atoms with van der Waals surface area (Å²) in [4.78, 5) is 0. The van der Waals surface area contributed by atoms with Crippen LogP contribution in [-0.2, 0) is 13.6 Å². The Labute approximate surface area is 94.8 Å². The molecule has 4 nitrogen and oxygen atoms in total. The summed E-state index contributed by atoms with van der Waals surface area (Å²) in [5, 5.41) is 12.1. The predicted molar refractivity (Wildman–Crippen MR) is 62.8 cm³/mol. The molecule has 0 aromatic carbocycles. The summed E-state index contributed by atoms with van der Waals surface area (Å²) in [6.07, 6.45) is 5.89. The van der Waals surface area contributed by atoms with E-state index in [2.05, 4.69) is 27.3 Å². The average Bonchev–Trinajstić information content (AvgIpc) is 2.66. The Kier molecular flexibility index (Phi) is 4.02. The predicted octanol–water partition coefficient (Wildman–Crippen LogP) is 1.19. The minimum atomic E-state index is 0.798. The Hall–Kier alpha value is -0.550. The van der Waals surface area contributed by atoms with Crippen LogP contribution in [0, 0.1) is 0 Å². The maximum atomic E-state index is 4.04. The average molecular weight is 226 g/mol. The lowest BCUT2D eigenvalue weighted by Gasteiger charge is -2.21. The third-order valence-corrected chi connectivity index (χ3v) is 4.13. The van der Waals surface area contributed by atoms with E-state index in [0.717, 1.165) is 24.2 Å². The van der Waals surface area contributed by atoms with Crippen LogP contribution in [-0.4, -0.2) is 32.3 Å². The van der Waals surface area contributed by atoms with Crippen LogP contribution in [0.4, 0.5) is 0 Å². The second-order valence-electron chi connectivity index (χ2n) is 3.98. The van der Waals surface area contributed by atoms with Gasteiger partial charge in [0.2, 0.25) is 0 Å². The van der Waals surface area contributed by atoms with Crippen molar-refractivity contribution >= 4 is 11.8 Å². The lowest BCUT2D eigenvalue weighted by atomic mass is 10.2. The molecular weight excluding hydrogens is 208 g/mol. The monoisotopic (exact) mass is 226 g/mol. The first-order chi connectivity index (χ1) is 7.36. The molecule has 1 unspecified atom stereocenters. The van der Waals surface area contributed by atoms with Crippen molar-refractivity contribution in [1.29, 1.82) is 0 Å². The van der Waals surface area contributed by atoms with Crippen LogP contribution in [0.5, 0.6) is 0 Å². The third-order valence-electron chi connectivity index (χ3n) is 2.73. The van der Waals surface area contributed by atoms with Crippen molar-refractivity contribution in [1.82, 2.24) is 20.1 Å². The van der Waals surface area contributed by atoms with Gasteiger partial charge in [-0.15, -0.1) is 10.2 Å². The molecule has 0 aliphatic carbocycles. The van der Waals surface area contributed by atoms with E-state index in [1.54, 1.807) is 6.33 Å². The van der Waals surface area contributed by atoms with E-state index in [0.29, 0.717) is 0 Å². The van der Waals surface area contributed by atoms with Gasteiger partial charge in [0.05, 0.1) is 6.54 Å². The van der Waals surface area contributed by atoms with Gasteiger partial charge in [-0.2, -0.15) is 11.8 Å². The first-order valence-corrected chi connectivity index (χ1v) is 6.56. The van der Waals surface area contributed by atoms with Crippen LogP contribution >= 0.6 is 11.8 Å². The van der Waals surface area contributed by atoms with Gasteiger partial charge in [-0.3, -0.25) is 0 Å². The largest absolute Gasteiger partial charge is 0.320 e. The molecule has 15 heavy (non-hydrogen) atoms. The van der Waals surface area contributed by atoms with E-state index in [-0.39, 0.29) is 0 Å². The number of aryl methyl sites for hydroxylation is 1. The van der Waals surface area contributed by atoms with Gasteiger partial charge in [0.1, 0.15) is 12.2 Å². The molecule has 2 heterocycles. The van der Waals surface area contributed by atoms with Gasteiger partial charge in [-0.25, -0.2) is 0 Å². The van der Waals surface area contributed by atoms with E-state index in [9.17, 15) is 0 Å². The van der Waals surface area contributed by atoms with Crippen LogP contribution in [0.25, 0.3) is 0 Å². The van der Waals surface area contributed by atoms with Crippen molar-refractivity contribution < 1.29 is 0 Å². The molecule has 1 aliphatic heterocycles. The first kappa shape index (κ1) is 11.0. The fourth-order valence-electron chi connectivity index (χ4n) is 1.78. The molecule has 1 atom stereocenters. The highest BCUT2D eigenvalue weighted by Gasteiger charge is 2.13. The molecule has 1 saturated heterocycles. The molecule has 84 valence electrons. The van der Waals surface area contributed by atoms with Gasteiger partial charge >= 0.3 is 0 Å². The number of hydrogen-bond acceptors (Lipinski definition) is 4. The fraction of sp³-hybridized carbons (Fsp3) is 0.800. The number of hydrogen-bond donors (Lipinski definition) is 1. The van der Waals surface area contributed by atoms with Crippen molar-refractivity contribution in [3.8, 4) is 0 Å². The Balaban J connectivity index is 1.68. The van der Waals surface area contributed by atoms with Crippen LogP contribution in [0.15, 0.2) is 6.33 Å². The molecule has 0 amide bonds. The molecule has 2 rings (SSSR count). The lowest BCUT2D eigenvalue weighted by molar-refractivity contribution is 0.579. The summed E-state index contributed by atoms with van der Waals surface area (Å²) in [6, 6.07) is 0. The quantitative estimate of drug-likeness (QED) is 0.837. The van der Waals surface area contributed by atoms with Crippen LogP contribution in [0.2, 0.25) is 0 Å². The molecular formula is C10H18N4S. The molecule has 1 N–H and O–H groups in total. The molecule has 1 fully saturated rings. The molecule has 0 saturated carbocycles. The van der Waals surface area contributed by atoms with Crippen molar-refractivity contribution in [3.05, 3.63) is 12.2 Å². The van der Waals surface area contributed by atoms with Gasteiger partial charge in [0.25, 0.3) is 0 Å². The number of thioether (sulfide) groups is 1. The SMILES string of the molecule is Cn1cnnc1CNCC1CCCCS1. The van der Waals surface area contributed by atoms with Crippen LogP contribution in [0.3, 0.4) is 0 Å². The summed E-state index contributed by atoms with van der Waals surface area (Å²) in [7, 11) is 1.98. The fourth-order valence-corrected chi connectivity index (χ4v) is 3.05. The highest BCUT2D eigenvalue weighted by Crippen LogP contribution is 2.24. The van der Waals surface area contributed by atoms with E-state index in [1.807, 2.05) is 11.6 Å². The van der Waals surface area contributed by atoms with Gasteiger partial charge in [0, 0.05) is 18.8 Å². The zero-order valence-electron chi connectivity index (χ0n) is 9.15. The smallest absolute Gasteiger partial charge is 0.146 e. The lowest BCUT2D eigenvalue weighted by Crippen LogP contribution is -2.27. The van der Waals surface area contributed by atoms with Crippen molar-refractivity contribution in [2.75, 3.05) is 12.3 Å². The summed E-state index contributed by atoms with van der Waals surface area (Å²) in [6.45, 7) is 1.92. The Morgan fingerprint density at radius 3 is 3.20 bits per heavy atom. The van der Waals surface area contributed by atoms with Gasteiger partial charge in [0.15, 0.2) is 0 Å². The second-order valence-corrected chi connectivity index (χ2v) is 5.39. The van der Waals surface area contributed by atoms with Crippen molar-refractivity contribution in [2.24, 2.45) is 7.05 Å². The van der Waals surface area contributed by atoms with Gasteiger partial charge < -0.3 is 9.88 Å². The first-order valence-electron chi connectivity index (χ1n) is 5.51. The second kappa shape index (κ2) is 5.51. The molecule has 1 aromatic heterocycles. The van der Waals surface area contributed by atoms with Crippen molar-refractivity contribution in [3.63, 3.8) is 0 Å². The summed E-state index contributed by atoms with van der Waals surface area (Å²) in [5.74, 6) is 2.34. The standard InChI is InChI=1S/C10H18N4S/c1-14-8-12-13-10(14)7-11-6-9-4-2-3-5-15-9/h8-9,11H,2-7H2,1H3. The number of nitrogens with one attached hydrogen (secondary N) is 1. The summed E-state index contributed by atoms with van der Waals surface area (Å²) < 4.78 is 1.96. The van der Waals surface area contributed by atoms with Crippen LogP contribution in [0.1, 0.15) is 25.1 Å². The molecule has 0 spiro atoms. The Bertz CT molecular complexity index is 293. The van der Waals surface area contributed by atoms with E-state index in [1.165, 1.54) is 25.0 Å². The molecule has 1 aromatic rings. The Morgan fingerprint density at radius 2 is 2.53 bits per heavy atom. The van der Waals surface area contributed by atoms with Crippen LogP contribution < -0.4 is 5.32 Å². The molecule has 5 heteroatoms. The number of rotatable bonds is 4. The zero-order chi connectivity index (χ0) is 10.5. The molecule has 0 radical (unpaired) electrons. The Morgan fingerprint density at radius 1 is 1.60 bits per heavy atom. The highest BCUT2D eigenvalue weighted by molar-refractivity contribution is 7.99. The van der Waals surface area contributed by atoms with Gasteiger partial charge in [-0.1, -0.05) is 6.42 Å². The molecule has 0 bridgehead atoms. The highest BCUT2D eigenvalue weighted by atomic mass is 32.2. The minimum Gasteiger partial charge on any atom is -0.320 e. The topological polar surface area (TPSA) is 42.7 Å². The zero-order valence-corrected chi connectivity index (χ0v) is 9.96.